The van der Waals surface area contributed by atoms with Gasteiger partial charge in [-0.1, -0.05) is 19.1 Å². The van der Waals surface area contributed by atoms with E-state index < -0.39 is 9.84 Å². The average molecular weight is 395 g/mol. The first-order valence-electron chi connectivity index (χ1n) is 6.51. The van der Waals surface area contributed by atoms with Crippen LogP contribution in [0.1, 0.15) is 25.8 Å². The molecule has 0 fully saturated rings. The van der Waals surface area contributed by atoms with E-state index >= 15 is 0 Å². The Kier molecular flexibility index (Phi) is 6.76. The van der Waals surface area contributed by atoms with Crippen LogP contribution in [0.2, 0.25) is 0 Å². The number of halogens is 1. The molecule has 0 spiro atoms. The summed E-state index contributed by atoms with van der Waals surface area (Å²) < 4.78 is 24.7. The van der Waals surface area contributed by atoms with Crippen molar-refractivity contribution in [3.63, 3.8) is 0 Å². The fourth-order valence-electron chi connectivity index (χ4n) is 1.91. The molecule has 5 heteroatoms. The Labute approximate surface area is 130 Å². The standard InChI is InChI=1S/C14H22INO2S/c1-4-9-16-14(11(2)19(3,17)18)10-12-5-7-13(15)8-6-12/h5-8,11,14,16H,4,9-10H2,1-3H3. The van der Waals surface area contributed by atoms with Crippen LogP contribution in [-0.4, -0.2) is 32.5 Å². The second kappa shape index (κ2) is 7.59. The van der Waals surface area contributed by atoms with E-state index in [1.807, 2.05) is 0 Å². The Morgan fingerprint density at radius 3 is 2.32 bits per heavy atom. The summed E-state index contributed by atoms with van der Waals surface area (Å²) in [6.45, 7) is 4.71. The first kappa shape index (κ1) is 16.9. The van der Waals surface area contributed by atoms with Crippen LogP contribution >= 0.6 is 22.6 Å². The minimum atomic E-state index is -3.02. The van der Waals surface area contributed by atoms with Gasteiger partial charge in [0.15, 0.2) is 9.84 Å². The van der Waals surface area contributed by atoms with Gasteiger partial charge in [0.05, 0.1) is 5.25 Å². The fraction of sp³-hybridized carbons (Fsp3) is 0.571. The molecule has 0 radical (unpaired) electrons. The Bertz CT molecular complexity index is 485. The van der Waals surface area contributed by atoms with E-state index in [-0.39, 0.29) is 11.3 Å². The van der Waals surface area contributed by atoms with Crippen LogP contribution in [0.25, 0.3) is 0 Å². The molecule has 1 N–H and O–H groups in total. The summed E-state index contributed by atoms with van der Waals surface area (Å²) in [5.41, 5.74) is 1.17. The van der Waals surface area contributed by atoms with Crippen molar-refractivity contribution in [1.82, 2.24) is 5.32 Å². The van der Waals surface area contributed by atoms with E-state index in [1.54, 1.807) is 6.92 Å². The fourth-order valence-corrected chi connectivity index (χ4v) is 3.06. The molecule has 0 saturated heterocycles. The lowest BCUT2D eigenvalue weighted by Gasteiger charge is -2.24. The van der Waals surface area contributed by atoms with E-state index in [4.69, 9.17) is 0 Å². The molecule has 1 aromatic carbocycles. The van der Waals surface area contributed by atoms with E-state index in [0.29, 0.717) is 0 Å². The van der Waals surface area contributed by atoms with Gasteiger partial charge in [-0.3, -0.25) is 0 Å². The molecule has 0 bridgehead atoms. The second-order valence-electron chi connectivity index (χ2n) is 4.93. The summed E-state index contributed by atoms with van der Waals surface area (Å²) in [7, 11) is -3.02. The van der Waals surface area contributed by atoms with Gasteiger partial charge in [0.25, 0.3) is 0 Å². The number of rotatable bonds is 7. The lowest BCUT2D eigenvalue weighted by Crippen LogP contribution is -2.44. The SMILES string of the molecule is CCCNC(Cc1ccc(I)cc1)C(C)S(C)(=O)=O. The Hall–Kier alpha value is -0.140. The third kappa shape index (κ3) is 5.79. The van der Waals surface area contributed by atoms with E-state index in [2.05, 4.69) is 59.1 Å². The third-order valence-corrected chi connectivity index (χ3v) is 5.67. The summed E-state index contributed by atoms with van der Waals surface area (Å²) >= 11 is 2.27. The van der Waals surface area contributed by atoms with Gasteiger partial charge in [-0.25, -0.2) is 8.42 Å². The van der Waals surface area contributed by atoms with E-state index in [9.17, 15) is 8.42 Å². The highest BCUT2D eigenvalue weighted by molar-refractivity contribution is 14.1. The van der Waals surface area contributed by atoms with Crippen molar-refractivity contribution in [2.24, 2.45) is 0 Å². The summed E-state index contributed by atoms with van der Waals surface area (Å²) in [5.74, 6) is 0. The molecule has 0 saturated carbocycles. The molecule has 0 heterocycles. The molecule has 0 aromatic heterocycles. The summed E-state index contributed by atoms with van der Waals surface area (Å²) in [4.78, 5) is 0. The normalized spacial score (nSPS) is 15.2. The molecule has 19 heavy (non-hydrogen) atoms. The highest BCUT2D eigenvalue weighted by Crippen LogP contribution is 2.13. The van der Waals surface area contributed by atoms with Gasteiger partial charge >= 0.3 is 0 Å². The monoisotopic (exact) mass is 395 g/mol. The maximum atomic E-state index is 11.7. The lowest BCUT2D eigenvalue weighted by molar-refractivity contribution is 0.482. The second-order valence-corrected chi connectivity index (χ2v) is 8.57. The van der Waals surface area contributed by atoms with Crippen LogP contribution in [0.5, 0.6) is 0 Å². The summed E-state index contributed by atoms with van der Waals surface area (Å²) in [6, 6.07) is 8.21. The van der Waals surface area contributed by atoms with Gasteiger partial charge < -0.3 is 5.32 Å². The highest BCUT2D eigenvalue weighted by atomic mass is 127. The van der Waals surface area contributed by atoms with Crippen molar-refractivity contribution in [1.29, 1.82) is 0 Å². The van der Waals surface area contributed by atoms with Gasteiger partial charge in [-0.05, 0) is 66.6 Å². The molecule has 3 nitrogen and oxygen atoms in total. The molecule has 1 aromatic rings. The number of nitrogens with one attached hydrogen (secondary N) is 1. The average Bonchev–Trinajstić information content (AvgIpc) is 2.35. The molecular formula is C14H22INO2S. The molecule has 0 aliphatic heterocycles. The predicted octanol–water partition coefficient (Wildman–Crippen LogP) is 2.64. The molecule has 2 unspecified atom stereocenters. The predicted molar refractivity (Wildman–Crippen MR) is 89.3 cm³/mol. The van der Waals surface area contributed by atoms with Crippen LogP contribution in [0.3, 0.4) is 0 Å². The smallest absolute Gasteiger partial charge is 0.151 e. The molecule has 0 amide bonds. The molecule has 1 rings (SSSR count). The lowest BCUT2D eigenvalue weighted by atomic mass is 10.0. The van der Waals surface area contributed by atoms with Crippen LogP contribution in [0.4, 0.5) is 0 Å². The van der Waals surface area contributed by atoms with E-state index in [1.165, 1.54) is 15.4 Å². The number of sulfone groups is 1. The highest BCUT2D eigenvalue weighted by Gasteiger charge is 2.25. The Morgan fingerprint density at radius 2 is 1.84 bits per heavy atom. The summed E-state index contributed by atoms with van der Waals surface area (Å²) in [5, 5.41) is 2.98. The zero-order chi connectivity index (χ0) is 14.5. The van der Waals surface area contributed by atoms with Gasteiger partial charge in [0.2, 0.25) is 0 Å². The summed E-state index contributed by atoms with van der Waals surface area (Å²) in [6.07, 6.45) is 3.05. The molecule has 0 aliphatic carbocycles. The van der Waals surface area contributed by atoms with Gasteiger partial charge in [-0.15, -0.1) is 0 Å². The number of benzene rings is 1. The van der Waals surface area contributed by atoms with E-state index in [0.717, 1.165) is 19.4 Å². The zero-order valence-corrected chi connectivity index (χ0v) is 14.7. The minimum Gasteiger partial charge on any atom is -0.312 e. The maximum Gasteiger partial charge on any atom is 0.151 e. The van der Waals surface area contributed by atoms with Crippen molar-refractivity contribution in [3.8, 4) is 0 Å². The largest absolute Gasteiger partial charge is 0.312 e. The van der Waals surface area contributed by atoms with Crippen molar-refractivity contribution < 1.29 is 8.42 Å². The van der Waals surface area contributed by atoms with Gasteiger partial charge in [0, 0.05) is 15.9 Å². The quantitative estimate of drug-likeness (QED) is 0.723. The van der Waals surface area contributed by atoms with Gasteiger partial charge in [0.1, 0.15) is 0 Å². The first-order valence-corrected chi connectivity index (χ1v) is 9.54. The number of hydrogen-bond acceptors (Lipinski definition) is 3. The van der Waals surface area contributed by atoms with Crippen molar-refractivity contribution >= 4 is 32.4 Å². The first-order chi connectivity index (χ1) is 8.84. The van der Waals surface area contributed by atoms with Crippen LogP contribution in [0, 0.1) is 3.57 Å². The number of hydrogen-bond donors (Lipinski definition) is 1. The minimum absolute atomic E-state index is 0.0324. The Balaban J connectivity index is 2.82. The molecular weight excluding hydrogens is 373 g/mol. The van der Waals surface area contributed by atoms with Crippen LogP contribution in [-0.2, 0) is 16.3 Å². The zero-order valence-electron chi connectivity index (χ0n) is 11.7. The Morgan fingerprint density at radius 1 is 1.26 bits per heavy atom. The van der Waals surface area contributed by atoms with Crippen molar-refractivity contribution in [2.45, 2.75) is 38.0 Å². The van der Waals surface area contributed by atoms with Crippen LogP contribution in [0.15, 0.2) is 24.3 Å². The van der Waals surface area contributed by atoms with Crippen molar-refractivity contribution in [2.75, 3.05) is 12.8 Å². The molecule has 108 valence electrons. The topological polar surface area (TPSA) is 46.2 Å². The maximum absolute atomic E-state index is 11.7. The van der Waals surface area contributed by atoms with Crippen molar-refractivity contribution in [3.05, 3.63) is 33.4 Å². The van der Waals surface area contributed by atoms with Gasteiger partial charge in [-0.2, -0.15) is 0 Å². The third-order valence-electron chi connectivity index (χ3n) is 3.27. The molecule has 2 atom stereocenters. The van der Waals surface area contributed by atoms with Crippen LogP contribution < -0.4 is 5.32 Å². The molecule has 0 aliphatic rings.